The monoisotopic (exact) mass is 954 g/mol. The molecule has 6 heterocycles. The number of halogens is 2. The molecule has 0 aliphatic carbocycles. The van der Waals surface area contributed by atoms with Gasteiger partial charge in [0.1, 0.15) is 22.6 Å². The lowest BCUT2D eigenvalue weighted by Crippen LogP contribution is -2.27. The highest BCUT2D eigenvalue weighted by molar-refractivity contribution is 7.11. The number of hydrogen-bond donors (Lipinski definition) is 2. The first-order chi connectivity index (χ1) is 30.9. The predicted molar refractivity (Wildman–Crippen MR) is 239 cm³/mol. The van der Waals surface area contributed by atoms with E-state index >= 15 is 0 Å². The molecule has 2 N–H and O–H groups in total. The zero-order valence-corrected chi connectivity index (χ0v) is 37.7. The van der Waals surface area contributed by atoms with Gasteiger partial charge in [-0.1, -0.05) is 23.2 Å². The lowest BCUT2D eigenvalue weighted by Gasteiger charge is -2.31. The van der Waals surface area contributed by atoms with Crippen LogP contribution in [0, 0.1) is 0 Å². The topological polar surface area (TPSA) is 192 Å². The first-order valence-corrected chi connectivity index (χ1v) is 21.9. The molecule has 64 heavy (non-hydrogen) atoms. The summed E-state index contributed by atoms with van der Waals surface area (Å²) >= 11 is 15.5. The zero-order chi connectivity index (χ0) is 45.7. The van der Waals surface area contributed by atoms with E-state index in [0.717, 1.165) is 0 Å². The fraction of sp³-hybridized carbons (Fsp3) is 0.273. The van der Waals surface area contributed by atoms with Crippen LogP contribution in [0.5, 0.6) is 34.5 Å². The molecule has 20 heteroatoms. The van der Waals surface area contributed by atoms with E-state index < -0.39 is 35.3 Å². The maximum absolute atomic E-state index is 12.5. The molecule has 0 spiro atoms. The molecule has 4 aromatic heterocycles. The molecular formula is C44H40Cl2N2O14S2. The lowest BCUT2D eigenvalue weighted by molar-refractivity contribution is 0.0682. The Balaban J connectivity index is 0.000000191. The van der Waals surface area contributed by atoms with Gasteiger partial charge in [-0.3, -0.25) is 9.59 Å². The maximum Gasteiger partial charge on any atom is 0.341 e. The Bertz CT molecular complexity index is 2630. The van der Waals surface area contributed by atoms with Crippen molar-refractivity contribution in [2.45, 2.75) is 25.3 Å². The van der Waals surface area contributed by atoms with E-state index in [0.29, 0.717) is 116 Å². The summed E-state index contributed by atoms with van der Waals surface area (Å²) in [5.41, 5.74) is 0.193. The summed E-state index contributed by atoms with van der Waals surface area (Å²) in [6, 6.07) is 12.9. The number of carboxylic acids is 2. The van der Waals surface area contributed by atoms with Gasteiger partial charge in [0.05, 0.1) is 58.6 Å². The van der Waals surface area contributed by atoms with E-state index in [-0.39, 0.29) is 11.1 Å². The van der Waals surface area contributed by atoms with Crippen molar-refractivity contribution in [1.82, 2.24) is 9.13 Å². The summed E-state index contributed by atoms with van der Waals surface area (Å²) in [6.45, 7) is 1.96. The van der Waals surface area contributed by atoms with Crippen LogP contribution in [0.3, 0.4) is 0 Å². The Kier molecular flexibility index (Phi) is 14.5. The smallest absolute Gasteiger partial charge is 0.341 e. The maximum atomic E-state index is 12.5. The normalized spacial score (nSPS) is 14.3. The van der Waals surface area contributed by atoms with Crippen LogP contribution in [-0.4, -0.2) is 86.2 Å². The Morgan fingerprint density at radius 1 is 0.625 bits per heavy atom. The number of aromatic carboxylic acids is 2. The number of carbonyl (C=O) groups is 2. The third kappa shape index (κ3) is 9.43. The number of aromatic nitrogens is 2. The number of ether oxygens (including phenoxy) is 8. The van der Waals surface area contributed by atoms with E-state index in [1.807, 2.05) is 10.8 Å². The van der Waals surface area contributed by atoms with E-state index in [4.69, 9.17) is 61.1 Å². The predicted octanol–water partition coefficient (Wildman–Crippen LogP) is 8.58. The molecule has 0 saturated heterocycles. The molecule has 0 unspecified atom stereocenters. The molecule has 0 radical (unpaired) electrons. The Labute approximate surface area is 383 Å². The fourth-order valence-corrected chi connectivity index (χ4v) is 9.26. The van der Waals surface area contributed by atoms with E-state index in [1.165, 1.54) is 61.4 Å². The highest BCUT2D eigenvalue weighted by atomic mass is 35.5. The number of pyridine rings is 2. The molecule has 2 atom stereocenters. The van der Waals surface area contributed by atoms with Gasteiger partial charge in [-0.15, -0.1) is 22.7 Å². The third-order valence-electron chi connectivity index (χ3n) is 9.92. The van der Waals surface area contributed by atoms with Gasteiger partial charge >= 0.3 is 11.9 Å². The minimum absolute atomic E-state index is 0.358. The first-order valence-electron chi connectivity index (χ1n) is 19.3. The van der Waals surface area contributed by atoms with E-state index in [1.54, 1.807) is 59.8 Å². The molecule has 0 amide bonds. The molecule has 0 fully saturated rings. The largest absolute Gasteiger partial charge is 0.493 e. The van der Waals surface area contributed by atoms with Gasteiger partial charge in [0.15, 0.2) is 33.9 Å². The fourth-order valence-electron chi connectivity index (χ4n) is 6.91. The third-order valence-corrected chi connectivity index (χ3v) is 12.7. The second-order valence-electron chi connectivity index (χ2n) is 13.9. The number of thiophene rings is 2. The van der Waals surface area contributed by atoms with Crippen LogP contribution in [0.1, 0.15) is 55.8 Å². The lowest BCUT2D eigenvalue weighted by atomic mass is 10.0. The summed E-state index contributed by atoms with van der Waals surface area (Å²) in [6.07, 6.45) is 2.45. The van der Waals surface area contributed by atoms with Crippen LogP contribution < -0.4 is 39.3 Å². The van der Waals surface area contributed by atoms with Gasteiger partial charge in [0, 0.05) is 88.1 Å². The Hall–Kier alpha value is -6.02. The van der Waals surface area contributed by atoms with Crippen LogP contribution in [0.15, 0.2) is 81.3 Å². The second kappa shape index (κ2) is 20.2. The number of carboxylic acid groups (broad SMARTS) is 2. The molecule has 2 aliphatic rings. The van der Waals surface area contributed by atoms with Gasteiger partial charge in [0.25, 0.3) is 0 Å². The number of rotatable bonds is 16. The van der Waals surface area contributed by atoms with Gasteiger partial charge in [-0.25, -0.2) is 9.59 Å². The average molecular weight is 956 g/mol. The first kappa shape index (κ1) is 46.0. The van der Waals surface area contributed by atoms with Crippen LogP contribution >= 0.6 is 45.9 Å². The van der Waals surface area contributed by atoms with Crippen LogP contribution in [-0.2, 0) is 9.47 Å². The summed E-state index contributed by atoms with van der Waals surface area (Å²) in [4.78, 5) is 49.5. The van der Waals surface area contributed by atoms with E-state index in [9.17, 15) is 29.4 Å². The van der Waals surface area contributed by atoms with Crippen molar-refractivity contribution in [2.24, 2.45) is 0 Å². The molecule has 16 nitrogen and oxygen atoms in total. The quantitative estimate of drug-likeness (QED) is 0.0877. The summed E-state index contributed by atoms with van der Waals surface area (Å²) in [5, 5.41) is 23.5. The Morgan fingerprint density at radius 2 is 1.03 bits per heavy atom. The number of nitrogens with zero attached hydrogens (tertiary/aromatic N) is 2. The number of benzene rings is 2. The summed E-state index contributed by atoms with van der Waals surface area (Å²) in [7, 11) is 6.28. The van der Waals surface area contributed by atoms with Crippen LogP contribution in [0.4, 0.5) is 0 Å². The molecule has 2 aromatic carbocycles. The minimum atomic E-state index is -1.32. The van der Waals surface area contributed by atoms with Gasteiger partial charge in [-0.05, 0) is 35.0 Å². The molecule has 0 bridgehead atoms. The van der Waals surface area contributed by atoms with Crippen molar-refractivity contribution in [3.8, 4) is 57.0 Å². The highest BCUT2D eigenvalue weighted by Crippen LogP contribution is 2.49. The van der Waals surface area contributed by atoms with Crippen molar-refractivity contribution in [3.63, 3.8) is 0 Å². The summed E-state index contributed by atoms with van der Waals surface area (Å²) in [5.74, 6) is 0.174. The van der Waals surface area contributed by atoms with Crippen molar-refractivity contribution >= 4 is 57.8 Å². The number of hydrogen-bond acceptors (Lipinski definition) is 14. The molecular weight excluding hydrogens is 916 g/mol. The van der Waals surface area contributed by atoms with Crippen molar-refractivity contribution in [3.05, 3.63) is 123 Å². The van der Waals surface area contributed by atoms with Crippen LogP contribution in [0.25, 0.3) is 22.5 Å². The van der Waals surface area contributed by atoms with Crippen molar-refractivity contribution in [2.75, 3.05) is 54.9 Å². The average Bonchev–Trinajstić information content (AvgIpc) is 3.92. The van der Waals surface area contributed by atoms with E-state index in [2.05, 4.69) is 0 Å². The Morgan fingerprint density at radius 3 is 1.36 bits per heavy atom. The molecule has 8 rings (SSSR count). The number of fused-ring (bicyclic) bond motifs is 6. The summed E-state index contributed by atoms with van der Waals surface area (Å²) < 4.78 is 48.5. The van der Waals surface area contributed by atoms with Gasteiger partial charge in [0.2, 0.25) is 12.5 Å². The van der Waals surface area contributed by atoms with Crippen molar-refractivity contribution in [1.29, 1.82) is 0 Å². The second-order valence-corrected chi connectivity index (χ2v) is 16.6. The SMILES string of the molecule is COCCCOc1cc2c(cc1OC)-c1cc(=O)c(C(=O)O)cn1[C@@H](c1sccc1Cl)O2.COCCCOc1cc2c(cc1OC)-c1cc(=O)c(C(=O)O)cn1[C@H](c1sccc1Cl)O2. The minimum Gasteiger partial charge on any atom is -0.493 e. The zero-order valence-electron chi connectivity index (χ0n) is 34.6. The standard InChI is InChI=1S/2C22H20ClNO7S/c2*1-28-5-3-6-30-19-10-17-12(8-18(19)29-2)15-9-16(25)13(22(26)27)11-24(15)21(31-17)20-14(23)4-7-32-20/h2*4,7-11,21H,3,5-6H2,1-2H3,(H,26,27)/t2*21-/m10/s1. The molecule has 2 aliphatic heterocycles. The molecule has 336 valence electrons. The van der Waals surface area contributed by atoms with Gasteiger partial charge < -0.3 is 57.2 Å². The van der Waals surface area contributed by atoms with Crippen molar-refractivity contribution < 1.29 is 57.7 Å². The number of methoxy groups -OCH3 is 4. The van der Waals surface area contributed by atoms with Gasteiger partial charge in [-0.2, -0.15) is 0 Å². The molecule has 0 saturated carbocycles. The molecule has 6 aromatic rings. The van der Waals surface area contributed by atoms with Crippen LogP contribution in [0.2, 0.25) is 10.0 Å². The highest BCUT2D eigenvalue weighted by Gasteiger charge is 2.33.